The van der Waals surface area contributed by atoms with Crippen molar-refractivity contribution in [3.8, 4) is 0 Å². The molecule has 1 aromatic heterocycles. The molecule has 1 saturated carbocycles. The monoisotopic (exact) mass is 181 g/mol. The number of nitrogens with zero attached hydrogens (tertiary/aromatic N) is 1. The Morgan fingerprint density at radius 3 is 3.00 bits per heavy atom. The van der Waals surface area contributed by atoms with E-state index in [0.29, 0.717) is 0 Å². The van der Waals surface area contributed by atoms with E-state index in [2.05, 4.69) is 17.3 Å². The highest BCUT2D eigenvalue weighted by Gasteiger charge is 2.21. The highest BCUT2D eigenvalue weighted by atomic mass is 32.1. The lowest BCUT2D eigenvalue weighted by Gasteiger charge is -2.22. The van der Waals surface area contributed by atoms with E-state index in [4.69, 9.17) is 0 Å². The van der Waals surface area contributed by atoms with Gasteiger partial charge in [-0.2, -0.15) is 0 Å². The van der Waals surface area contributed by atoms with Crippen LogP contribution in [-0.4, -0.2) is 4.98 Å². The summed E-state index contributed by atoms with van der Waals surface area (Å²) in [5.74, 6) is 0.812. The molecule has 0 amide bonds. The summed E-state index contributed by atoms with van der Waals surface area (Å²) in [4.78, 5) is 4.64. The van der Waals surface area contributed by atoms with Crippen molar-refractivity contribution >= 4 is 11.3 Å². The molecule has 2 rings (SSSR count). The molecule has 0 radical (unpaired) electrons. The van der Waals surface area contributed by atoms with Crippen molar-refractivity contribution in [3.63, 3.8) is 0 Å². The van der Waals surface area contributed by atoms with E-state index >= 15 is 0 Å². The molecule has 1 heterocycles. The van der Waals surface area contributed by atoms with Gasteiger partial charge in [0.25, 0.3) is 0 Å². The van der Waals surface area contributed by atoms with Gasteiger partial charge in [0.1, 0.15) is 0 Å². The largest absolute Gasteiger partial charge is 0.246 e. The third-order valence-corrected chi connectivity index (χ3v) is 3.48. The molecular weight excluding hydrogens is 166 g/mol. The zero-order chi connectivity index (χ0) is 8.39. The summed E-state index contributed by atoms with van der Waals surface area (Å²) >= 11 is 1.84. The maximum atomic E-state index is 4.64. The average Bonchev–Trinajstić information content (AvgIpc) is 2.34. The van der Waals surface area contributed by atoms with Crippen LogP contribution in [-0.2, 0) is 6.42 Å². The van der Waals surface area contributed by atoms with Crippen molar-refractivity contribution in [3.05, 3.63) is 16.1 Å². The third kappa shape index (κ3) is 1.53. The predicted molar refractivity (Wildman–Crippen MR) is 52.7 cm³/mol. The minimum Gasteiger partial charge on any atom is -0.246 e. The molecule has 0 aliphatic heterocycles. The van der Waals surface area contributed by atoms with Gasteiger partial charge in [-0.1, -0.05) is 13.3 Å². The number of hydrogen-bond donors (Lipinski definition) is 0. The number of aryl methyl sites for hydroxylation is 1. The second-order valence-electron chi connectivity index (χ2n) is 3.54. The Balaban J connectivity index is 2.02. The van der Waals surface area contributed by atoms with Crippen molar-refractivity contribution in [2.45, 2.75) is 44.9 Å². The molecule has 1 aromatic rings. The lowest BCUT2D eigenvalue weighted by atomic mass is 9.83. The lowest BCUT2D eigenvalue weighted by Crippen LogP contribution is -2.08. The van der Waals surface area contributed by atoms with Crippen molar-refractivity contribution < 1.29 is 0 Å². The zero-order valence-corrected chi connectivity index (χ0v) is 8.36. The van der Waals surface area contributed by atoms with E-state index in [1.54, 1.807) is 0 Å². The highest BCUT2D eigenvalue weighted by molar-refractivity contribution is 7.09. The molecule has 1 fully saturated rings. The molecule has 1 nitrogen and oxygen atoms in total. The van der Waals surface area contributed by atoms with Crippen LogP contribution in [0.2, 0.25) is 0 Å². The quantitative estimate of drug-likeness (QED) is 0.696. The molecule has 0 atom stereocenters. The van der Waals surface area contributed by atoms with Gasteiger partial charge in [-0.05, 0) is 25.7 Å². The normalized spacial score (nSPS) is 17.8. The van der Waals surface area contributed by atoms with Crippen LogP contribution >= 0.6 is 11.3 Å². The van der Waals surface area contributed by atoms with Gasteiger partial charge in [-0.3, -0.25) is 0 Å². The molecule has 0 bridgehead atoms. The summed E-state index contributed by atoms with van der Waals surface area (Å²) < 4.78 is 0. The smallest absolute Gasteiger partial charge is 0.0928 e. The average molecular weight is 181 g/mol. The van der Waals surface area contributed by atoms with Crippen LogP contribution < -0.4 is 0 Å². The Hall–Kier alpha value is -0.370. The van der Waals surface area contributed by atoms with E-state index in [1.807, 2.05) is 11.3 Å². The van der Waals surface area contributed by atoms with E-state index in [0.717, 1.165) is 12.3 Å². The standard InChI is InChI=1S/C10H15NS/c1-2-4-10-11-9(7-12-10)8-5-3-6-8/h7-8H,2-6H2,1H3. The first-order valence-electron chi connectivity index (χ1n) is 4.84. The maximum absolute atomic E-state index is 4.64. The predicted octanol–water partition coefficient (Wildman–Crippen LogP) is 3.36. The summed E-state index contributed by atoms with van der Waals surface area (Å²) in [5.41, 5.74) is 1.37. The highest BCUT2D eigenvalue weighted by Crippen LogP contribution is 2.36. The fourth-order valence-corrected chi connectivity index (χ4v) is 2.53. The van der Waals surface area contributed by atoms with Gasteiger partial charge in [-0.15, -0.1) is 11.3 Å². The molecule has 0 saturated heterocycles. The Morgan fingerprint density at radius 2 is 2.42 bits per heavy atom. The van der Waals surface area contributed by atoms with Crippen LogP contribution in [0.4, 0.5) is 0 Å². The first kappa shape index (κ1) is 8.24. The van der Waals surface area contributed by atoms with Gasteiger partial charge < -0.3 is 0 Å². The molecule has 0 N–H and O–H groups in total. The van der Waals surface area contributed by atoms with Crippen molar-refractivity contribution in [2.75, 3.05) is 0 Å². The minimum absolute atomic E-state index is 0.812. The number of thiazole rings is 1. The molecule has 0 spiro atoms. The summed E-state index contributed by atoms with van der Waals surface area (Å²) in [6, 6.07) is 0. The third-order valence-electron chi connectivity index (χ3n) is 2.56. The fourth-order valence-electron chi connectivity index (χ4n) is 1.55. The summed E-state index contributed by atoms with van der Waals surface area (Å²) in [7, 11) is 0. The van der Waals surface area contributed by atoms with Gasteiger partial charge in [0.15, 0.2) is 0 Å². The summed E-state index contributed by atoms with van der Waals surface area (Å²) in [5, 5.41) is 3.59. The number of rotatable bonds is 3. The molecular formula is C10H15NS. The van der Waals surface area contributed by atoms with E-state index in [9.17, 15) is 0 Å². The number of hydrogen-bond acceptors (Lipinski definition) is 2. The summed E-state index contributed by atoms with van der Waals surface area (Å²) in [6.45, 7) is 2.21. The topological polar surface area (TPSA) is 12.9 Å². The molecule has 0 aromatic carbocycles. The second-order valence-corrected chi connectivity index (χ2v) is 4.49. The van der Waals surface area contributed by atoms with E-state index in [-0.39, 0.29) is 0 Å². The number of aromatic nitrogens is 1. The molecule has 66 valence electrons. The molecule has 1 aliphatic carbocycles. The SMILES string of the molecule is CCCc1nc(C2CCC2)cs1. The Morgan fingerprint density at radius 1 is 1.58 bits per heavy atom. The van der Waals surface area contributed by atoms with Crippen LogP contribution in [0, 0.1) is 0 Å². The van der Waals surface area contributed by atoms with Crippen molar-refractivity contribution in [2.24, 2.45) is 0 Å². The van der Waals surface area contributed by atoms with Crippen LogP contribution in [0.3, 0.4) is 0 Å². The van der Waals surface area contributed by atoms with Crippen LogP contribution in [0.15, 0.2) is 5.38 Å². The Bertz CT molecular complexity index is 250. The minimum atomic E-state index is 0.812. The summed E-state index contributed by atoms with van der Waals surface area (Å²) in [6.07, 6.45) is 6.53. The van der Waals surface area contributed by atoms with Gasteiger partial charge in [0, 0.05) is 11.3 Å². The zero-order valence-electron chi connectivity index (χ0n) is 7.55. The van der Waals surface area contributed by atoms with Crippen LogP contribution in [0.5, 0.6) is 0 Å². The van der Waals surface area contributed by atoms with Crippen LogP contribution in [0.25, 0.3) is 0 Å². The van der Waals surface area contributed by atoms with Crippen molar-refractivity contribution in [1.29, 1.82) is 0 Å². The van der Waals surface area contributed by atoms with Gasteiger partial charge >= 0.3 is 0 Å². The van der Waals surface area contributed by atoms with E-state index < -0.39 is 0 Å². The van der Waals surface area contributed by atoms with E-state index in [1.165, 1.54) is 36.4 Å². The van der Waals surface area contributed by atoms with Crippen LogP contribution in [0.1, 0.15) is 49.2 Å². The van der Waals surface area contributed by atoms with Gasteiger partial charge in [0.05, 0.1) is 10.7 Å². The first-order chi connectivity index (χ1) is 5.90. The molecule has 1 aliphatic rings. The first-order valence-corrected chi connectivity index (χ1v) is 5.72. The fraction of sp³-hybridized carbons (Fsp3) is 0.700. The van der Waals surface area contributed by atoms with Gasteiger partial charge in [-0.25, -0.2) is 4.98 Å². The lowest BCUT2D eigenvalue weighted by molar-refractivity contribution is 0.412. The molecule has 2 heteroatoms. The van der Waals surface area contributed by atoms with Crippen molar-refractivity contribution in [1.82, 2.24) is 4.98 Å². The maximum Gasteiger partial charge on any atom is 0.0928 e. The second kappa shape index (κ2) is 3.56. The Kier molecular flexibility index (Phi) is 2.45. The Labute approximate surface area is 77.8 Å². The van der Waals surface area contributed by atoms with Gasteiger partial charge in [0.2, 0.25) is 0 Å². The molecule has 12 heavy (non-hydrogen) atoms. The molecule has 0 unspecified atom stereocenters.